The lowest BCUT2D eigenvalue weighted by atomic mass is 9.89. The van der Waals surface area contributed by atoms with Gasteiger partial charge in [0.25, 0.3) is 0 Å². The van der Waals surface area contributed by atoms with Crippen LogP contribution in [0.1, 0.15) is 45.4 Å². The third-order valence-electron chi connectivity index (χ3n) is 4.00. The highest BCUT2D eigenvalue weighted by Crippen LogP contribution is 2.34. The number of ketones is 1. The number of nitrogens with one attached hydrogen (secondary N) is 1. The lowest BCUT2D eigenvalue weighted by Crippen LogP contribution is -2.43. The van der Waals surface area contributed by atoms with Crippen LogP contribution in [0.3, 0.4) is 0 Å². The van der Waals surface area contributed by atoms with Crippen molar-refractivity contribution in [1.82, 2.24) is 5.32 Å². The summed E-state index contributed by atoms with van der Waals surface area (Å²) in [6, 6.07) is -1.45. The van der Waals surface area contributed by atoms with E-state index in [2.05, 4.69) is 5.32 Å². The van der Waals surface area contributed by atoms with Crippen LogP contribution >= 0.6 is 0 Å². The second-order valence-corrected chi connectivity index (χ2v) is 5.75. The number of hydrogen-bond donors (Lipinski definition) is 3. The zero-order chi connectivity index (χ0) is 17.4. The summed E-state index contributed by atoms with van der Waals surface area (Å²) in [6.07, 6.45) is 5.77. The molecule has 1 fully saturated rings. The summed E-state index contributed by atoms with van der Waals surface area (Å²) >= 11 is 0. The molecule has 0 unspecified atom stereocenters. The van der Waals surface area contributed by atoms with Gasteiger partial charge in [0.05, 0.1) is 6.42 Å². The molecule has 3 N–H and O–H groups in total. The number of aliphatic carboxylic acids is 2. The van der Waals surface area contributed by atoms with Crippen molar-refractivity contribution >= 4 is 23.6 Å². The van der Waals surface area contributed by atoms with Crippen molar-refractivity contribution in [2.75, 3.05) is 0 Å². The summed E-state index contributed by atoms with van der Waals surface area (Å²) < 4.78 is 0. The predicted octanol–water partition coefficient (Wildman–Crippen LogP) is 1.37. The summed E-state index contributed by atoms with van der Waals surface area (Å²) in [5.41, 5.74) is 0. The van der Waals surface area contributed by atoms with Gasteiger partial charge in [-0.2, -0.15) is 0 Å². The minimum absolute atomic E-state index is 0.0414. The number of amides is 1. The number of Topliss-reactive ketones (excluding diaryl/α,β-unsaturated/α-hetero) is 1. The van der Waals surface area contributed by atoms with Gasteiger partial charge in [-0.05, 0) is 25.2 Å². The van der Waals surface area contributed by atoms with Crippen LogP contribution in [-0.2, 0) is 19.2 Å². The van der Waals surface area contributed by atoms with Crippen molar-refractivity contribution in [2.45, 2.75) is 51.5 Å². The Labute approximate surface area is 134 Å². The van der Waals surface area contributed by atoms with Gasteiger partial charge in [0, 0.05) is 18.8 Å². The van der Waals surface area contributed by atoms with E-state index in [4.69, 9.17) is 10.2 Å². The van der Waals surface area contributed by atoms with Gasteiger partial charge in [0.1, 0.15) is 11.8 Å². The third kappa shape index (κ3) is 6.22. The fraction of sp³-hybridized carbons (Fsp3) is 0.625. The van der Waals surface area contributed by atoms with Crippen molar-refractivity contribution in [3.05, 3.63) is 12.2 Å². The molecule has 0 aromatic heterocycles. The van der Waals surface area contributed by atoms with E-state index in [1.165, 1.54) is 0 Å². The van der Waals surface area contributed by atoms with Crippen molar-refractivity contribution in [3.63, 3.8) is 0 Å². The van der Waals surface area contributed by atoms with Crippen LogP contribution in [0, 0.1) is 11.8 Å². The topological polar surface area (TPSA) is 121 Å². The van der Waals surface area contributed by atoms with E-state index in [-0.39, 0.29) is 24.0 Å². The molecule has 23 heavy (non-hydrogen) atoms. The van der Waals surface area contributed by atoms with Crippen LogP contribution in [0.2, 0.25) is 0 Å². The minimum atomic E-state index is -1.45. The quantitative estimate of drug-likeness (QED) is 0.551. The number of carbonyl (C=O) groups excluding carboxylic acids is 2. The molecular weight excluding hydrogens is 302 g/mol. The van der Waals surface area contributed by atoms with Gasteiger partial charge in [-0.25, -0.2) is 4.79 Å². The van der Waals surface area contributed by atoms with Crippen LogP contribution in [0.25, 0.3) is 0 Å². The summed E-state index contributed by atoms with van der Waals surface area (Å²) in [5, 5.41) is 19.8. The van der Waals surface area contributed by atoms with E-state index in [1.54, 1.807) is 0 Å². The molecule has 0 heterocycles. The number of allylic oxidation sites excluding steroid dienone is 2. The van der Waals surface area contributed by atoms with E-state index in [0.717, 1.165) is 6.42 Å². The van der Waals surface area contributed by atoms with Gasteiger partial charge >= 0.3 is 11.9 Å². The monoisotopic (exact) mass is 325 g/mol. The molecule has 0 spiro atoms. The molecule has 0 radical (unpaired) electrons. The van der Waals surface area contributed by atoms with Crippen molar-refractivity contribution < 1.29 is 29.4 Å². The van der Waals surface area contributed by atoms with Crippen LogP contribution in [-0.4, -0.2) is 39.9 Å². The van der Waals surface area contributed by atoms with Crippen molar-refractivity contribution in [3.8, 4) is 0 Å². The standard InChI is InChI=1S/C16H23NO6/c1-2-3-4-5-11-10(6-7-13(11)18)8-14(19)17-12(16(22)23)9-15(20)21/h3-4,10-12H,2,5-9H2,1H3,(H,17,19)(H,20,21)(H,22,23)/b4-3-/t10-,11-,12+/m1/s1. The number of carboxylic acids is 2. The average molecular weight is 325 g/mol. The summed E-state index contributed by atoms with van der Waals surface area (Å²) in [5.74, 6) is -3.41. The van der Waals surface area contributed by atoms with E-state index in [0.29, 0.717) is 19.3 Å². The molecule has 7 nitrogen and oxygen atoms in total. The van der Waals surface area contributed by atoms with Gasteiger partial charge in [-0.15, -0.1) is 0 Å². The second kappa shape index (κ2) is 9.07. The van der Waals surface area contributed by atoms with Crippen LogP contribution < -0.4 is 5.32 Å². The Morgan fingerprint density at radius 3 is 2.57 bits per heavy atom. The SMILES string of the molecule is CC/C=C\C[C@H]1C(=O)CC[C@@H]1CC(=O)N[C@@H](CC(=O)O)C(=O)O. The maximum atomic E-state index is 12.0. The van der Waals surface area contributed by atoms with Crippen LogP contribution in [0.5, 0.6) is 0 Å². The van der Waals surface area contributed by atoms with E-state index >= 15 is 0 Å². The smallest absolute Gasteiger partial charge is 0.326 e. The Morgan fingerprint density at radius 2 is 2.00 bits per heavy atom. The van der Waals surface area contributed by atoms with Gasteiger partial charge in [0.15, 0.2) is 0 Å². The summed E-state index contributed by atoms with van der Waals surface area (Å²) in [6.45, 7) is 1.99. The molecule has 0 aromatic rings. The van der Waals surface area contributed by atoms with Gasteiger partial charge in [-0.1, -0.05) is 19.1 Å². The molecule has 1 aliphatic rings. The van der Waals surface area contributed by atoms with Crippen molar-refractivity contribution in [1.29, 1.82) is 0 Å². The van der Waals surface area contributed by atoms with Gasteiger partial charge in [0.2, 0.25) is 5.91 Å². The zero-order valence-corrected chi connectivity index (χ0v) is 13.2. The molecule has 1 aliphatic carbocycles. The molecule has 0 aromatic carbocycles. The normalized spacial score (nSPS) is 22.2. The maximum absolute atomic E-state index is 12.0. The molecule has 1 saturated carbocycles. The first-order valence-corrected chi connectivity index (χ1v) is 7.76. The molecule has 0 bridgehead atoms. The number of carbonyl (C=O) groups is 4. The Hall–Kier alpha value is -2.18. The first-order valence-electron chi connectivity index (χ1n) is 7.76. The first kappa shape index (κ1) is 18.9. The van der Waals surface area contributed by atoms with Crippen molar-refractivity contribution in [2.24, 2.45) is 11.8 Å². The molecule has 0 saturated heterocycles. The Bertz CT molecular complexity index is 499. The highest BCUT2D eigenvalue weighted by Gasteiger charge is 2.35. The summed E-state index contributed by atoms with van der Waals surface area (Å²) in [7, 11) is 0. The Kier molecular flexibility index (Phi) is 7.44. The average Bonchev–Trinajstić information content (AvgIpc) is 2.79. The number of hydrogen-bond acceptors (Lipinski definition) is 4. The van der Waals surface area contributed by atoms with E-state index in [9.17, 15) is 19.2 Å². The largest absolute Gasteiger partial charge is 0.481 e. The van der Waals surface area contributed by atoms with Crippen LogP contribution in [0.15, 0.2) is 12.2 Å². The molecular formula is C16H23NO6. The predicted molar refractivity (Wildman–Crippen MR) is 81.7 cm³/mol. The summed E-state index contributed by atoms with van der Waals surface area (Å²) in [4.78, 5) is 45.5. The molecule has 0 aliphatic heterocycles. The number of carboxylic acid groups (broad SMARTS) is 2. The van der Waals surface area contributed by atoms with Gasteiger partial charge < -0.3 is 15.5 Å². The number of rotatable bonds is 9. The van der Waals surface area contributed by atoms with Crippen LogP contribution in [0.4, 0.5) is 0 Å². The van der Waals surface area contributed by atoms with E-state index in [1.807, 2.05) is 19.1 Å². The molecule has 1 rings (SSSR count). The first-order chi connectivity index (χ1) is 10.8. The Balaban J connectivity index is 2.60. The lowest BCUT2D eigenvalue weighted by Gasteiger charge is -2.18. The zero-order valence-electron chi connectivity index (χ0n) is 13.2. The van der Waals surface area contributed by atoms with E-state index < -0.39 is 30.3 Å². The fourth-order valence-corrected chi connectivity index (χ4v) is 2.82. The molecule has 1 amide bonds. The second-order valence-electron chi connectivity index (χ2n) is 5.75. The molecule has 3 atom stereocenters. The highest BCUT2D eigenvalue weighted by molar-refractivity contribution is 5.88. The minimum Gasteiger partial charge on any atom is -0.481 e. The lowest BCUT2D eigenvalue weighted by molar-refractivity contribution is -0.147. The highest BCUT2D eigenvalue weighted by atomic mass is 16.4. The molecule has 7 heteroatoms. The Morgan fingerprint density at radius 1 is 1.30 bits per heavy atom. The maximum Gasteiger partial charge on any atom is 0.326 e. The third-order valence-corrected chi connectivity index (χ3v) is 4.00. The fourth-order valence-electron chi connectivity index (χ4n) is 2.82. The molecule has 128 valence electrons. The van der Waals surface area contributed by atoms with Gasteiger partial charge in [-0.3, -0.25) is 14.4 Å².